The van der Waals surface area contributed by atoms with Gasteiger partial charge in [0.1, 0.15) is 11.5 Å². The number of aliphatic imine (C=N–C) groups is 2. The fraction of sp³-hybridized carbons (Fsp3) is 0.167. The lowest BCUT2D eigenvalue weighted by Crippen LogP contribution is -2.26. The topological polar surface area (TPSA) is 88.8 Å². The maximum atomic E-state index is 13.6. The van der Waals surface area contributed by atoms with Crippen molar-refractivity contribution in [2.24, 2.45) is 9.98 Å². The smallest absolute Gasteiger partial charge is 0.274 e. The van der Waals surface area contributed by atoms with Crippen LogP contribution in [0.25, 0.3) is 22.3 Å². The van der Waals surface area contributed by atoms with Gasteiger partial charge in [0.05, 0.1) is 37.8 Å². The Balaban J connectivity index is 1.46. The number of fused-ring (bicyclic) bond motifs is 9. The number of rotatable bonds is 0. The number of aromatic nitrogens is 2. The van der Waals surface area contributed by atoms with Crippen LogP contribution in [-0.2, 0) is 17.8 Å². The third-order valence-corrected chi connectivity index (χ3v) is 6.48. The highest BCUT2D eigenvalue weighted by Gasteiger charge is 2.20. The third-order valence-electron chi connectivity index (χ3n) is 6.48. The number of nitrogens with zero attached hydrogens (tertiary/aromatic N) is 4. The van der Waals surface area contributed by atoms with Gasteiger partial charge in [-0.1, -0.05) is 36.4 Å². The summed E-state index contributed by atoms with van der Waals surface area (Å²) >= 11 is 0. The zero-order chi connectivity index (χ0) is 25.0. The van der Waals surface area contributed by atoms with Crippen LogP contribution in [0.2, 0.25) is 0 Å². The van der Waals surface area contributed by atoms with Gasteiger partial charge in [-0.25, -0.2) is 0 Å². The first-order valence-electron chi connectivity index (χ1n) is 12.3. The van der Waals surface area contributed by atoms with Gasteiger partial charge in [-0.2, -0.15) is 0 Å². The molecule has 37 heavy (non-hydrogen) atoms. The number of anilines is 1. The van der Waals surface area contributed by atoms with E-state index in [1.165, 1.54) is 5.56 Å². The number of benzene rings is 2. The van der Waals surface area contributed by atoms with Crippen molar-refractivity contribution in [1.82, 2.24) is 9.97 Å². The monoisotopic (exact) mass is 487 g/mol. The largest absolute Gasteiger partial charge is 0.492 e. The molecule has 1 N–H and O–H groups in total. The van der Waals surface area contributed by atoms with Crippen molar-refractivity contribution >= 4 is 23.5 Å². The maximum absolute atomic E-state index is 13.6. The molecule has 0 unspecified atom stereocenters. The Bertz CT molecular complexity index is 1540. The quantitative estimate of drug-likeness (QED) is 0.372. The Morgan fingerprint density at radius 2 is 1.70 bits per heavy atom. The lowest BCUT2D eigenvalue weighted by atomic mass is 9.96. The van der Waals surface area contributed by atoms with Crippen LogP contribution in [0.1, 0.15) is 23.1 Å². The zero-order valence-electron chi connectivity index (χ0n) is 20.2. The van der Waals surface area contributed by atoms with Crippen molar-refractivity contribution in [1.29, 1.82) is 0 Å². The molecule has 2 aliphatic rings. The van der Waals surface area contributed by atoms with Gasteiger partial charge in [-0.15, -0.1) is 0 Å². The molecule has 0 saturated heterocycles. The average Bonchev–Trinajstić information content (AvgIpc) is 2.91. The van der Waals surface area contributed by atoms with E-state index < -0.39 is 0 Å². The molecular formula is C30H25N5O2. The fourth-order valence-electron chi connectivity index (χ4n) is 4.63. The Labute approximate surface area is 215 Å². The lowest BCUT2D eigenvalue weighted by Gasteiger charge is -2.15. The fourth-order valence-corrected chi connectivity index (χ4v) is 4.63. The number of hydrogen-bond acceptors (Lipinski definition) is 6. The SMILES string of the molecule is O=C1Nc2cncc(c2)-c2cccc(c2)CCCOc2cncc(c2)-c2ccc3c(c2)C1=NCC=NC3. The molecule has 7 heteroatoms. The summed E-state index contributed by atoms with van der Waals surface area (Å²) < 4.78 is 6.04. The molecule has 0 spiro atoms. The molecule has 0 radical (unpaired) electrons. The molecule has 6 rings (SSSR count). The first-order chi connectivity index (χ1) is 18.2. The van der Waals surface area contributed by atoms with Gasteiger partial charge >= 0.3 is 0 Å². The van der Waals surface area contributed by atoms with Crippen LogP contribution in [-0.4, -0.2) is 41.0 Å². The molecule has 0 saturated carbocycles. The minimum absolute atomic E-state index is 0.283. The van der Waals surface area contributed by atoms with Crippen molar-refractivity contribution in [3.8, 4) is 28.0 Å². The second-order valence-corrected chi connectivity index (χ2v) is 9.06. The minimum Gasteiger partial charge on any atom is -0.492 e. The van der Waals surface area contributed by atoms with Crippen molar-refractivity contribution < 1.29 is 9.53 Å². The van der Waals surface area contributed by atoms with Gasteiger partial charge < -0.3 is 10.1 Å². The average molecular weight is 488 g/mol. The van der Waals surface area contributed by atoms with E-state index in [1.54, 1.807) is 24.8 Å². The van der Waals surface area contributed by atoms with Crippen LogP contribution >= 0.6 is 0 Å². The molecule has 7 nitrogen and oxygen atoms in total. The van der Waals surface area contributed by atoms with E-state index in [-0.39, 0.29) is 5.91 Å². The molecule has 8 bridgehead atoms. The van der Waals surface area contributed by atoms with E-state index >= 15 is 0 Å². The zero-order valence-corrected chi connectivity index (χ0v) is 20.2. The van der Waals surface area contributed by atoms with E-state index in [1.807, 2.05) is 42.6 Å². The molecule has 0 fully saturated rings. The molecule has 182 valence electrons. The predicted molar refractivity (Wildman–Crippen MR) is 145 cm³/mol. The molecule has 4 heterocycles. The summed E-state index contributed by atoms with van der Waals surface area (Å²) in [5.41, 5.74) is 7.72. The molecule has 4 aromatic rings. The van der Waals surface area contributed by atoms with Crippen LogP contribution in [0, 0.1) is 0 Å². The number of aryl methyl sites for hydroxylation is 1. The van der Waals surface area contributed by atoms with Crippen LogP contribution in [0.3, 0.4) is 0 Å². The van der Waals surface area contributed by atoms with Crippen molar-refractivity contribution in [3.63, 3.8) is 0 Å². The van der Waals surface area contributed by atoms with Gasteiger partial charge in [-0.3, -0.25) is 24.7 Å². The highest BCUT2D eigenvalue weighted by molar-refractivity contribution is 6.49. The number of amides is 1. The number of ether oxygens (including phenoxy) is 1. The van der Waals surface area contributed by atoms with E-state index in [2.05, 4.69) is 43.5 Å². The predicted octanol–water partition coefficient (Wildman–Crippen LogP) is 5.15. The van der Waals surface area contributed by atoms with Gasteiger partial charge in [0, 0.05) is 35.3 Å². The molecule has 2 aromatic heterocycles. The highest BCUT2D eigenvalue weighted by atomic mass is 16.5. The number of carbonyl (C=O) groups is 1. The summed E-state index contributed by atoms with van der Waals surface area (Å²) in [5.74, 6) is 0.434. The van der Waals surface area contributed by atoms with Crippen molar-refractivity contribution in [2.75, 3.05) is 18.5 Å². The number of pyridine rings is 2. The van der Waals surface area contributed by atoms with Crippen molar-refractivity contribution in [3.05, 3.63) is 96.1 Å². The Morgan fingerprint density at radius 3 is 2.65 bits per heavy atom. The second-order valence-electron chi connectivity index (χ2n) is 9.06. The third kappa shape index (κ3) is 5.02. The van der Waals surface area contributed by atoms with Gasteiger partial charge in [0.15, 0.2) is 0 Å². The molecular weight excluding hydrogens is 462 g/mol. The first kappa shape index (κ1) is 22.8. The Kier molecular flexibility index (Phi) is 6.25. The van der Waals surface area contributed by atoms with Gasteiger partial charge in [0.25, 0.3) is 5.91 Å². The molecule has 0 aliphatic carbocycles. The summed E-state index contributed by atoms with van der Waals surface area (Å²) in [4.78, 5) is 31.4. The number of carbonyl (C=O) groups excluding carboxylic acids is 1. The summed E-state index contributed by atoms with van der Waals surface area (Å²) in [6.07, 6.45) is 10.5. The maximum Gasteiger partial charge on any atom is 0.274 e. The molecule has 2 aromatic carbocycles. The summed E-state index contributed by atoms with van der Waals surface area (Å²) in [5, 5.41) is 3.02. The van der Waals surface area contributed by atoms with Crippen molar-refractivity contribution in [2.45, 2.75) is 19.4 Å². The van der Waals surface area contributed by atoms with Crippen LogP contribution < -0.4 is 10.1 Å². The first-order valence-corrected chi connectivity index (χ1v) is 12.3. The van der Waals surface area contributed by atoms with Crippen LogP contribution in [0.5, 0.6) is 5.75 Å². The second kappa shape index (κ2) is 10.1. The van der Waals surface area contributed by atoms with E-state index in [0.717, 1.165) is 46.2 Å². The van der Waals surface area contributed by atoms with E-state index in [9.17, 15) is 4.79 Å². The number of hydrogen-bond donors (Lipinski definition) is 1. The minimum atomic E-state index is -0.283. The van der Waals surface area contributed by atoms with E-state index in [4.69, 9.17) is 4.74 Å². The standard InChI is InChI=1S/C30H25N5O2/c36-30-29-28-14-22(6-7-23(28)15-31-8-9-34-29)25-13-27(19-33-17-25)37-10-2-4-20-3-1-5-21(11-20)24-12-26(35-30)18-32-16-24/h1,3,5-8,11-14,16-19H,2,4,9-10,15H2,(H,35,36). The van der Waals surface area contributed by atoms with Gasteiger partial charge in [-0.05, 0) is 53.3 Å². The van der Waals surface area contributed by atoms with Crippen LogP contribution in [0.4, 0.5) is 5.69 Å². The van der Waals surface area contributed by atoms with Crippen LogP contribution in [0.15, 0.2) is 89.4 Å². The lowest BCUT2D eigenvalue weighted by molar-refractivity contribution is -0.110. The Morgan fingerprint density at radius 1 is 0.838 bits per heavy atom. The Hall–Kier alpha value is -4.65. The van der Waals surface area contributed by atoms with Gasteiger partial charge in [0.2, 0.25) is 0 Å². The summed E-state index contributed by atoms with van der Waals surface area (Å²) in [6, 6.07) is 18.3. The molecule has 2 aliphatic heterocycles. The summed E-state index contributed by atoms with van der Waals surface area (Å²) in [7, 11) is 0. The van der Waals surface area contributed by atoms with E-state index in [0.29, 0.717) is 36.8 Å². The number of nitrogens with one attached hydrogen (secondary N) is 1. The molecule has 0 atom stereocenters. The molecule has 1 amide bonds. The highest BCUT2D eigenvalue weighted by Crippen LogP contribution is 2.28. The summed E-state index contributed by atoms with van der Waals surface area (Å²) in [6.45, 7) is 1.41. The normalized spacial score (nSPS) is 15.0.